The van der Waals surface area contributed by atoms with Gasteiger partial charge in [-0.25, -0.2) is 0 Å². The molecule has 1 aromatic carbocycles. The first-order valence-electron chi connectivity index (χ1n) is 14.6. The summed E-state index contributed by atoms with van der Waals surface area (Å²) in [5, 5.41) is 12.0. The fourth-order valence-electron chi connectivity index (χ4n) is 5.79. The molecule has 11 heteroatoms. The Morgan fingerprint density at radius 2 is 1.71 bits per heavy atom. The van der Waals surface area contributed by atoms with Crippen molar-refractivity contribution < 1.29 is 62.9 Å². The first-order valence-corrected chi connectivity index (χ1v) is 16.6. The topological polar surface area (TPSA) is 113 Å². The molecule has 1 aliphatic heterocycles. The Morgan fingerprint density at radius 3 is 2.29 bits per heavy atom. The van der Waals surface area contributed by atoms with Crippen LogP contribution in [0.15, 0.2) is 30.3 Å². The van der Waals surface area contributed by atoms with Crippen molar-refractivity contribution in [3.05, 3.63) is 35.9 Å². The zero-order valence-corrected chi connectivity index (χ0v) is 29.1. The van der Waals surface area contributed by atoms with E-state index < -0.39 is 43.7 Å². The van der Waals surface area contributed by atoms with Crippen molar-refractivity contribution in [3.63, 3.8) is 0 Å². The Morgan fingerprint density at radius 1 is 1.05 bits per heavy atom. The molecule has 0 N–H and O–H groups in total. The van der Waals surface area contributed by atoms with Crippen LogP contribution < -0.4 is 34.7 Å². The third kappa shape index (κ3) is 12.0. The van der Waals surface area contributed by atoms with Gasteiger partial charge in [0.2, 0.25) is 19.6 Å². The number of carbonyl (C=O) groups is 3. The number of carboxylic acids is 1. The fraction of sp³-hybridized carbons (Fsp3) is 0.700. The number of esters is 1. The minimum absolute atomic E-state index is 0. The Labute approximate surface area is 274 Å². The van der Waals surface area contributed by atoms with Gasteiger partial charge in [-0.15, -0.1) is 0 Å². The monoisotopic (exact) mass is 619 g/mol. The van der Waals surface area contributed by atoms with Crippen molar-refractivity contribution in [2.45, 2.75) is 97.3 Å². The number of aliphatic carboxylic acids is 1. The van der Waals surface area contributed by atoms with Crippen molar-refractivity contribution in [1.29, 1.82) is 0 Å². The van der Waals surface area contributed by atoms with Crippen LogP contribution in [0.1, 0.15) is 84.1 Å². The molecule has 1 saturated carbocycles. The molecule has 4 atom stereocenters. The maximum atomic E-state index is 14.2. The molecule has 0 radical (unpaired) electrons. The average molecular weight is 620 g/mol. The molecule has 1 amide bonds. The summed E-state index contributed by atoms with van der Waals surface area (Å²) < 4.78 is 25.6. The SMILES string of the molecule is CCC(=O)OC(O[P@](=O)(CCCCc1ccccc1)CC(=O)N1C[C@H](C2CCCCC2)C[C@H]1C(=O)[O-])C(C)C.S.[Na+]. The van der Waals surface area contributed by atoms with Gasteiger partial charge < -0.3 is 19.5 Å². The molecule has 1 unspecified atom stereocenters. The van der Waals surface area contributed by atoms with Crippen molar-refractivity contribution in [2.24, 2.45) is 17.8 Å². The maximum Gasteiger partial charge on any atom is 1.00 e. The molecular weight excluding hydrogens is 572 g/mol. The van der Waals surface area contributed by atoms with E-state index in [1.165, 1.54) is 16.9 Å². The first-order chi connectivity index (χ1) is 18.6. The molecule has 226 valence electrons. The Kier molecular flexibility index (Phi) is 17.5. The third-order valence-electron chi connectivity index (χ3n) is 8.05. The van der Waals surface area contributed by atoms with Gasteiger partial charge in [-0.1, -0.05) is 83.2 Å². The van der Waals surface area contributed by atoms with Crippen molar-refractivity contribution in [2.75, 3.05) is 18.9 Å². The second-order valence-corrected chi connectivity index (χ2v) is 14.1. The van der Waals surface area contributed by atoms with Gasteiger partial charge in [0.05, 0.1) is 12.0 Å². The predicted molar refractivity (Wildman–Crippen MR) is 158 cm³/mol. The molecule has 2 fully saturated rings. The number of unbranched alkanes of at least 4 members (excludes halogenated alkanes) is 1. The van der Waals surface area contributed by atoms with Crippen LogP contribution in [0.3, 0.4) is 0 Å². The molecule has 1 saturated heterocycles. The number of nitrogens with zero attached hydrogens (tertiary/aromatic N) is 1. The molecule has 8 nitrogen and oxygen atoms in total. The van der Waals surface area contributed by atoms with Gasteiger partial charge in [0.15, 0.2) is 0 Å². The van der Waals surface area contributed by atoms with E-state index in [-0.39, 0.29) is 67.5 Å². The van der Waals surface area contributed by atoms with Gasteiger partial charge in [0.1, 0.15) is 6.16 Å². The molecule has 1 heterocycles. The van der Waals surface area contributed by atoms with Gasteiger partial charge in [0, 0.05) is 25.0 Å². The van der Waals surface area contributed by atoms with Crippen LogP contribution >= 0.6 is 20.9 Å². The van der Waals surface area contributed by atoms with Crippen LogP contribution in [0, 0.1) is 17.8 Å². The molecule has 0 spiro atoms. The second kappa shape index (κ2) is 18.7. The van der Waals surface area contributed by atoms with E-state index in [0.29, 0.717) is 25.3 Å². The normalized spacial score (nSPS) is 21.3. The van der Waals surface area contributed by atoms with Crippen LogP contribution in [-0.4, -0.2) is 53.9 Å². The fourth-order valence-corrected chi connectivity index (χ4v) is 8.09. The van der Waals surface area contributed by atoms with Crippen LogP contribution in [0.5, 0.6) is 0 Å². The summed E-state index contributed by atoms with van der Waals surface area (Å²) in [6, 6.07) is 8.96. The summed E-state index contributed by atoms with van der Waals surface area (Å²) in [5.41, 5.74) is 1.17. The summed E-state index contributed by atoms with van der Waals surface area (Å²) in [5.74, 6) is -1.99. The predicted octanol–water partition coefficient (Wildman–Crippen LogP) is 1.90. The number of amides is 1. The molecule has 1 aromatic rings. The van der Waals surface area contributed by atoms with Gasteiger partial charge in [-0.05, 0) is 43.1 Å². The Balaban J connectivity index is 0.00000420. The quantitative estimate of drug-likeness (QED) is 0.103. The summed E-state index contributed by atoms with van der Waals surface area (Å²) in [7, 11) is -3.62. The number of benzene rings is 1. The van der Waals surface area contributed by atoms with Crippen LogP contribution in [0.4, 0.5) is 0 Å². The Bertz CT molecular complexity index is 1010. The zero-order chi connectivity index (χ0) is 28.4. The van der Waals surface area contributed by atoms with E-state index in [9.17, 15) is 24.1 Å². The van der Waals surface area contributed by atoms with E-state index >= 15 is 0 Å². The largest absolute Gasteiger partial charge is 1.00 e. The molecule has 0 bridgehead atoms. The van der Waals surface area contributed by atoms with E-state index in [4.69, 9.17) is 9.26 Å². The van der Waals surface area contributed by atoms with Gasteiger partial charge in [-0.3, -0.25) is 18.7 Å². The molecule has 0 aromatic heterocycles. The molecule has 2 aliphatic rings. The minimum Gasteiger partial charge on any atom is -0.548 e. The number of likely N-dealkylation sites (tertiary alicyclic amines) is 1. The van der Waals surface area contributed by atoms with Crippen molar-refractivity contribution in [1.82, 2.24) is 4.90 Å². The molecular formula is C30H47NNaO7PS. The second-order valence-electron chi connectivity index (χ2n) is 11.5. The number of hydrogen-bond donors (Lipinski definition) is 0. The van der Waals surface area contributed by atoms with Crippen molar-refractivity contribution in [3.8, 4) is 0 Å². The number of hydrogen-bond acceptors (Lipinski definition) is 7. The summed E-state index contributed by atoms with van der Waals surface area (Å²) in [6.45, 7) is 5.62. The average Bonchev–Trinajstić information content (AvgIpc) is 3.38. The minimum atomic E-state index is -3.62. The van der Waals surface area contributed by atoms with Gasteiger partial charge >= 0.3 is 35.5 Å². The summed E-state index contributed by atoms with van der Waals surface area (Å²) in [6.07, 6.45) is 6.88. The third-order valence-corrected chi connectivity index (χ3v) is 10.4. The number of ether oxygens (including phenoxy) is 1. The zero-order valence-electron chi connectivity index (χ0n) is 25.2. The molecule has 41 heavy (non-hydrogen) atoms. The van der Waals surface area contributed by atoms with Gasteiger partial charge in [-0.2, -0.15) is 13.5 Å². The van der Waals surface area contributed by atoms with E-state index in [2.05, 4.69) is 0 Å². The van der Waals surface area contributed by atoms with E-state index in [1.807, 2.05) is 30.3 Å². The maximum absolute atomic E-state index is 14.2. The molecule has 3 rings (SSSR count). The number of carboxylic acid groups (broad SMARTS) is 1. The smallest absolute Gasteiger partial charge is 0.548 e. The number of carbonyl (C=O) groups excluding carboxylic acids is 3. The number of aryl methyl sites for hydroxylation is 1. The number of rotatable bonds is 14. The summed E-state index contributed by atoms with van der Waals surface area (Å²) in [4.78, 5) is 39.0. The Hall–Kier alpha value is -0.830. The van der Waals surface area contributed by atoms with Crippen LogP contribution in [-0.2, 0) is 34.6 Å². The van der Waals surface area contributed by atoms with Gasteiger partial charge in [0.25, 0.3) is 0 Å². The van der Waals surface area contributed by atoms with E-state index in [0.717, 1.165) is 38.5 Å². The first kappa shape index (κ1) is 38.2. The van der Waals surface area contributed by atoms with Crippen LogP contribution in [0.25, 0.3) is 0 Å². The van der Waals surface area contributed by atoms with Crippen LogP contribution in [0.2, 0.25) is 0 Å². The standard InChI is InChI=1S/C30H46NO7P.Na.H2S/c1-4-28(33)37-30(22(2)3)38-39(36,18-12-11-15-23-13-7-5-8-14-23)21-27(32)31-20-25(19-26(31)29(34)35)24-16-9-6-10-17-24;;/h5,7-8,13-14,22,24-26,30H,4,6,9-12,15-21H2,1-3H3,(H,34,35);;1H2/q;+1;/p-1/t25-,26+,30?,39-;;/m1../s1. The summed E-state index contributed by atoms with van der Waals surface area (Å²) >= 11 is 0. The van der Waals surface area contributed by atoms with E-state index in [1.54, 1.807) is 20.8 Å². The molecule has 1 aliphatic carbocycles. The van der Waals surface area contributed by atoms with Crippen molar-refractivity contribution >= 4 is 38.7 Å².